The molecule has 2 amide bonds. The summed E-state index contributed by atoms with van der Waals surface area (Å²) in [6.45, 7) is 2.91. The van der Waals surface area contributed by atoms with E-state index >= 15 is 0 Å². The molecule has 1 rings (SSSR count). The van der Waals surface area contributed by atoms with Crippen molar-refractivity contribution in [1.82, 2.24) is 5.32 Å². The van der Waals surface area contributed by atoms with Crippen LogP contribution in [0.3, 0.4) is 0 Å². The van der Waals surface area contributed by atoms with Crippen LogP contribution >= 0.6 is 0 Å². The van der Waals surface area contributed by atoms with E-state index in [4.69, 9.17) is 0 Å². The molecule has 0 aliphatic heterocycles. The van der Waals surface area contributed by atoms with E-state index in [2.05, 4.69) is 22.3 Å². The maximum absolute atomic E-state index is 12.0. The Morgan fingerprint density at radius 1 is 0.967 bits per heavy atom. The molecule has 30 heavy (non-hydrogen) atoms. The third-order valence-corrected chi connectivity index (χ3v) is 4.71. The molecule has 0 aliphatic rings. The maximum Gasteiger partial charge on any atom is 0.306 e. The fourth-order valence-electron chi connectivity index (χ4n) is 2.96. The zero-order valence-electron chi connectivity index (χ0n) is 18.4. The number of nitrogens with one attached hydrogen (secondary N) is 2. The lowest BCUT2D eigenvalue weighted by Crippen LogP contribution is -2.21. The first kappa shape index (κ1) is 25.4. The Hall–Kier alpha value is -2.63. The van der Waals surface area contributed by atoms with E-state index in [-0.39, 0.29) is 24.7 Å². The summed E-state index contributed by atoms with van der Waals surface area (Å²) in [5, 5.41) is 5.64. The van der Waals surface area contributed by atoms with Gasteiger partial charge >= 0.3 is 5.97 Å². The average Bonchev–Trinajstić information content (AvgIpc) is 2.75. The van der Waals surface area contributed by atoms with Gasteiger partial charge in [-0.05, 0) is 30.2 Å². The Morgan fingerprint density at radius 3 is 2.37 bits per heavy atom. The number of amides is 2. The van der Waals surface area contributed by atoms with Crippen LogP contribution in [0.15, 0.2) is 30.3 Å². The lowest BCUT2D eigenvalue weighted by Gasteiger charge is -2.06. The average molecular weight is 417 g/mol. The molecule has 6 heteroatoms. The number of benzene rings is 1. The van der Waals surface area contributed by atoms with Crippen molar-refractivity contribution in [3.05, 3.63) is 35.9 Å². The molecule has 0 heterocycles. The van der Waals surface area contributed by atoms with Gasteiger partial charge in [0.1, 0.15) is 0 Å². The van der Waals surface area contributed by atoms with Gasteiger partial charge in [-0.15, -0.1) is 0 Å². The van der Waals surface area contributed by atoms with Crippen LogP contribution in [0, 0.1) is 0 Å². The second kappa shape index (κ2) is 16.2. The van der Waals surface area contributed by atoms with Gasteiger partial charge in [-0.1, -0.05) is 64.0 Å². The fraction of sp³-hybridized carbons (Fsp3) is 0.542. The summed E-state index contributed by atoms with van der Waals surface area (Å²) in [5.41, 5.74) is 1.43. The lowest BCUT2D eigenvalue weighted by molar-refractivity contribution is -0.141. The highest BCUT2D eigenvalue weighted by Crippen LogP contribution is 2.13. The minimum absolute atomic E-state index is 0.0426. The molecule has 6 nitrogen and oxygen atoms in total. The number of carbonyl (C=O) groups is 3. The van der Waals surface area contributed by atoms with Crippen LogP contribution in [-0.2, 0) is 19.1 Å². The SMILES string of the molecule is CCCCCCCCCCNC(=O)C=Cc1cccc(NC(=O)CCC(=O)OC)c1. The lowest BCUT2D eigenvalue weighted by atomic mass is 10.1. The first-order valence-electron chi connectivity index (χ1n) is 11.0. The summed E-state index contributed by atoms with van der Waals surface area (Å²) in [7, 11) is 1.29. The largest absolute Gasteiger partial charge is 0.469 e. The van der Waals surface area contributed by atoms with Gasteiger partial charge in [-0.3, -0.25) is 14.4 Å². The fourth-order valence-corrected chi connectivity index (χ4v) is 2.96. The zero-order valence-corrected chi connectivity index (χ0v) is 18.4. The molecule has 1 aromatic rings. The van der Waals surface area contributed by atoms with E-state index < -0.39 is 5.97 Å². The number of hydrogen-bond donors (Lipinski definition) is 2. The molecule has 0 radical (unpaired) electrons. The predicted octanol–water partition coefficient (Wildman–Crippen LogP) is 4.85. The Labute approximate surface area is 180 Å². The van der Waals surface area contributed by atoms with Crippen LogP contribution in [0.2, 0.25) is 0 Å². The number of carbonyl (C=O) groups excluding carboxylic acids is 3. The van der Waals surface area contributed by atoms with Gasteiger partial charge < -0.3 is 15.4 Å². The number of rotatable bonds is 15. The third-order valence-electron chi connectivity index (χ3n) is 4.71. The Kier molecular flexibility index (Phi) is 13.7. The van der Waals surface area contributed by atoms with Crippen molar-refractivity contribution in [3.8, 4) is 0 Å². The first-order valence-corrected chi connectivity index (χ1v) is 11.0. The van der Waals surface area contributed by atoms with Crippen molar-refractivity contribution in [1.29, 1.82) is 0 Å². The molecule has 0 unspecified atom stereocenters. The van der Waals surface area contributed by atoms with E-state index in [9.17, 15) is 14.4 Å². The molecule has 0 aromatic heterocycles. The van der Waals surface area contributed by atoms with Crippen LogP contribution in [-0.4, -0.2) is 31.4 Å². The molecular formula is C24H36N2O4. The van der Waals surface area contributed by atoms with E-state index in [0.717, 1.165) is 18.4 Å². The highest BCUT2D eigenvalue weighted by molar-refractivity contribution is 5.94. The Bertz CT molecular complexity index is 686. The highest BCUT2D eigenvalue weighted by Gasteiger charge is 2.07. The molecule has 0 saturated heterocycles. The Morgan fingerprint density at radius 2 is 1.67 bits per heavy atom. The molecule has 1 aromatic carbocycles. The molecule has 0 spiro atoms. The number of anilines is 1. The van der Waals surface area contributed by atoms with Gasteiger partial charge in [0.05, 0.1) is 13.5 Å². The molecule has 0 fully saturated rings. The quantitative estimate of drug-likeness (QED) is 0.243. The number of esters is 1. The summed E-state index contributed by atoms with van der Waals surface area (Å²) in [4.78, 5) is 34.9. The summed E-state index contributed by atoms with van der Waals surface area (Å²) in [6.07, 6.45) is 13.2. The van der Waals surface area contributed by atoms with Gasteiger partial charge in [0.15, 0.2) is 0 Å². The van der Waals surface area contributed by atoms with Crippen molar-refractivity contribution in [2.75, 3.05) is 19.0 Å². The van der Waals surface area contributed by atoms with E-state index in [1.807, 2.05) is 6.07 Å². The molecule has 2 N–H and O–H groups in total. The van der Waals surface area contributed by atoms with Gasteiger partial charge in [0.2, 0.25) is 11.8 Å². The molecular weight excluding hydrogens is 380 g/mol. The summed E-state index contributed by atoms with van der Waals surface area (Å²) >= 11 is 0. The monoisotopic (exact) mass is 416 g/mol. The van der Waals surface area contributed by atoms with Crippen molar-refractivity contribution >= 4 is 29.5 Å². The number of ether oxygens (including phenoxy) is 1. The van der Waals surface area contributed by atoms with Crippen molar-refractivity contribution < 1.29 is 19.1 Å². The third kappa shape index (κ3) is 12.8. The predicted molar refractivity (Wildman–Crippen MR) is 121 cm³/mol. The first-order chi connectivity index (χ1) is 14.5. The van der Waals surface area contributed by atoms with Gasteiger partial charge in [-0.2, -0.15) is 0 Å². The van der Waals surface area contributed by atoms with E-state index in [0.29, 0.717) is 12.2 Å². The smallest absolute Gasteiger partial charge is 0.306 e. The van der Waals surface area contributed by atoms with Gasteiger partial charge in [0, 0.05) is 24.7 Å². The Balaban J connectivity index is 2.27. The summed E-state index contributed by atoms with van der Waals surface area (Å²) < 4.78 is 4.52. The van der Waals surface area contributed by atoms with Crippen molar-refractivity contribution in [2.24, 2.45) is 0 Å². The molecule has 0 saturated carbocycles. The molecule has 0 aliphatic carbocycles. The second-order valence-corrected chi connectivity index (χ2v) is 7.35. The minimum atomic E-state index is -0.417. The highest BCUT2D eigenvalue weighted by atomic mass is 16.5. The normalized spacial score (nSPS) is 10.7. The standard InChI is InChI=1S/C24H36N2O4/c1-3-4-5-6-7-8-9-10-18-25-22(27)15-14-20-12-11-13-21(19-20)26-23(28)16-17-24(29)30-2/h11-15,19H,3-10,16-18H2,1-2H3,(H,25,27)(H,26,28). The number of unbranched alkanes of at least 4 members (excludes halogenated alkanes) is 7. The van der Waals surface area contributed by atoms with Gasteiger partial charge in [-0.25, -0.2) is 0 Å². The molecule has 166 valence electrons. The zero-order chi connectivity index (χ0) is 22.0. The number of methoxy groups -OCH3 is 1. The van der Waals surface area contributed by atoms with Crippen LogP contribution in [0.1, 0.15) is 76.7 Å². The summed E-state index contributed by atoms with van der Waals surface area (Å²) in [5.74, 6) is -0.796. The van der Waals surface area contributed by atoms with E-state index in [1.165, 1.54) is 51.7 Å². The topological polar surface area (TPSA) is 84.5 Å². The summed E-state index contributed by atoms with van der Waals surface area (Å²) in [6, 6.07) is 7.19. The van der Waals surface area contributed by atoms with Crippen LogP contribution in [0.25, 0.3) is 6.08 Å². The van der Waals surface area contributed by atoms with Crippen LogP contribution in [0.4, 0.5) is 5.69 Å². The minimum Gasteiger partial charge on any atom is -0.469 e. The maximum atomic E-state index is 12.0. The van der Waals surface area contributed by atoms with Crippen LogP contribution in [0.5, 0.6) is 0 Å². The van der Waals surface area contributed by atoms with Crippen LogP contribution < -0.4 is 10.6 Å². The van der Waals surface area contributed by atoms with Gasteiger partial charge in [0.25, 0.3) is 0 Å². The second-order valence-electron chi connectivity index (χ2n) is 7.35. The molecule has 0 bridgehead atoms. The number of hydrogen-bond acceptors (Lipinski definition) is 4. The van der Waals surface area contributed by atoms with Crippen molar-refractivity contribution in [3.63, 3.8) is 0 Å². The van der Waals surface area contributed by atoms with Crippen molar-refractivity contribution in [2.45, 2.75) is 71.1 Å². The van der Waals surface area contributed by atoms with E-state index in [1.54, 1.807) is 24.3 Å². The molecule has 0 atom stereocenters.